The largest absolute Gasteiger partial charge is 0.493 e. The van der Waals surface area contributed by atoms with Crippen molar-refractivity contribution in [2.24, 2.45) is 5.92 Å². The molecule has 178 valence electrons. The van der Waals surface area contributed by atoms with Gasteiger partial charge in [-0.2, -0.15) is 4.98 Å². The molecule has 2 fully saturated rings. The minimum atomic E-state index is -0.251. The average Bonchev–Trinajstić information content (AvgIpc) is 3.31. The van der Waals surface area contributed by atoms with E-state index in [-0.39, 0.29) is 30.4 Å². The molecule has 0 bridgehead atoms. The maximum Gasteiger partial charge on any atom is 0.327 e. The summed E-state index contributed by atoms with van der Waals surface area (Å²) in [5.41, 5.74) is 0.727. The van der Waals surface area contributed by atoms with E-state index in [2.05, 4.69) is 17.1 Å². The SMILES string of the molecule is CCCCN1C(=O)C2CCCCC2N(Cc2nc(-c3ccc(OCC)c(OC)c3)no2)C1=O. The van der Waals surface area contributed by atoms with Crippen LogP contribution in [0.4, 0.5) is 4.79 Å². The summed E-state index contributed by atoms with van der Waals surface area (Å²) in [5, 5.41) is 4.11. The van der Waals surface area contributed by atoms with Crippen molar-refractivity contribution in [1.82, 2.24) is 19.9 Å². The number of carbonyl (C=O) groups is 2. The number of ether oxygens (including phenoxy) is 2. The van der Waals surface area contributed by atoms with Crippen molar-refractivity contribution < 1.29 is 23.6 Å². The third kappa shape index (κ3) is 4.67. The van der Waals surface area contributed by atoms with Gasteiger partial charge in [-0.3, -0.25) is 9.69 Å². The minimum Gasteiger partial charge on any atom is -0.493 e. The highest BCUT2D eigenvalue weighted by molar-refractivity contribution is 5.98. The van der Waals surface area contributed by atoms with E-state index < -0.39 is 0 Å². The summed E-state index contributed by atoms with van der Waals surface area (Å²) in [6.45, 7) is 5.14. The van der Waals surface area contributed by atoms with E-state index in [9.17, 15) is 9.59 Å². The molecule has 1 saturated carbocycles. The molecule has 0 spiro atoms. The first kappa shape index (κ1) is 23.1. The van der Waals surface area contributed by atoms with Crippen molar-refractivity contribution in [3.63, 3.8) is 0 Å². The molecule has 4 rings (SSSR count). The fourth-order valence-electron chi connectivity index (χ4n) is 4.73. The van der Waals surface area contributed by atoms with E-state index in [1.807, 2.05) is 19.1 Å². The molecule has 3 amide bonds. The Morgan fingerprint density at radius 3 is 2.73 bits per heavy atom. The van der Waals surface area contributed by atoms with Crippen molar-refractivity contribution in [3.05, 3.63) is 24.1 Å². The van der Waals surface area contributed by atoms with Crippen molar-refractivity contribution in [1.29, 1.82) is 0 Å². The number of hydrogen-bond donors (Lipinski definition) is 0. The molecule has 1 aliphatic heterocycles. The van der Waals surface area contributed by atoms with E-state index in [1.54, 1.807) is 18.1 Å². The van der Waals surface area contributed by atoms with Gasteiger partial charge in [-0.05, 0) is 44.4 Å². The number of unbranched alkanes of at least 4 members (excludes halogenated alkanes) is 1. The molecule has 1 aromatic carbocycles. The number of aromatic nitrogens is 2. The first-order chi connectivity index (χ1) is 16.1. The number of nitrogens with zero attached hydrogens (tertiary/aromatic N) is 4. The van der Waals surface area contributed by atoms with Gasteiger partial charge in [-0.15, -0.1) is 0 Å². The smallest absolute Gasteiger partial charge is 0.327 e. The fourth-order valence-corrected chi connectivity index (χ4v) is 4.73. The van der Waals surface area contributed by atoms with Crippen LogP contribution in [0, 0.1) is 5.92 Å². The molecular weight excluding hydrogens is 424 g/mol. The van der Waals surface area contributed by atoms with Gasteiger partial charge >= 0.3 is 6.03 Å². The minimum absolute atomic E-state index is 0.0258. The normalized spacial score (nSPS) is 20.7. The lowest BCUT2D eigenvalue weighted by Crippen LogP contribution is -2.62. The zero-order valence-electron chi connectivity index (χ0n) is 19.6. The summed E-state index contributed by atoms with van der Waals surface area (Å²) in [5.74, 6) is 1.82. The predicted molar refractivity (Wildman–Crippen MR) is 121 cm³/mol. The third-order valence-electron chi connectivity index (χ3n) is 6.42. The summed E-state index contributed by atoms with van der Waals surface area (Å²) < 4.78 is 16.5. The zero-order valence-corrected chi connectivity index (χ0v) is 19.6. The van der Waals surface area contributed by atoms with E-state index in [4.69, 9.17) is 14.0 Å². The zero-order chi connectivity index (χ0) is 23.4. The lowest BCUT2D eigenvalue weighted by atomic mass is 9.81. The van der Waals surface area contributed by atoms with Gasteiger partial charge in [0.25, 0.3) is 0 Å². The Morgan fingerprint density at radius 1 is 1.15 bits per heavy atom. The molecule has 1 aromatic heterocycles. The van der Waals surface area contributed by atoms with E-state index in [1.165, 1.54) is 4.90 Å². The van der Waals surface area contributed by atoms with Crippen LogP contribution in [-0.4, -0.2) is 58.2 Å². The van der Waals surface area contributed by atoms with Gasteiger partial charge in [0.2, 0.25) is 17.6 Å². The molecule has 9 nitrogen and oxygen atoms in total. The Labute approximate surface area is 194 Å². The molecule has 2 heterocycles. The standard InChI is InChI=1S/C24H32N4O5/c1-4-6-13-27-23(29)17-9-7-8-10-18(17)28(24(27)30)15-21-25-22(26-33-21)16-11-12-19(32-5-2)20(14-16)31-3/h11-12,14,17-18H,4-10,13,15H2,1-3H3. The Kier molecular flexibility index (Phi) is 7.15. The Morgan fingerprint density at radius 2 is 1.97 bits per heavy atom. The molecule has 1 aliphatic carbocycles. The number of methoxy groups -OCH3 is 1. The molecular formula is C24H32N4O5. The van der Waals surface area contributed by atoms with Gasteiger partial charge in [0.05, 0.1) is 19.6 Å². The maximum absolute atomic E-state index is 13.3. The molecule has 33 heavy (non-hydrogen) atoms. The van der Waals surface area contributed by atoms with Crippen molar-refractivity contribution in [2.45, 2.75) is 65.0 Å². The van der Waals surface area contributed by atoms with Gasteiger partial charge < -0.3 is 18.9 Å². The number of hydrogen-bond acceptors (Lipinski definition) is 7. The third-order valence-corrected chi connectivity index (χ3v) is 6.42. The predicted octanol–water partition coefficient (Wildman–Crippen LogP) is 4.27. The van der Waals surface area contributed by atoms with Gasteiger partial charge in [0.1, 0.15) is 6.54 Å². The molecule has 0 radical (unpaired) electrons. The second-order valence-electron chi connectivity index (χ2n) is 8.52. The highest BCUT2D eigenvalue weighted by Gasteiger charge is 2.47. The first-order valence-corrected chi connectivity index (χ1v) is 11.8. The van der Waals surface area contributed by atoms with Crippen molar-refractivity contribution in [2.75, 3.05) is 20.3 Å². The Hall–Kier alpha value is -3.10. The molecule has 9 heteroatoms. The maximum atomic E-state index is 13.3. The highest BCUT2D eigenvalue weighted by Crippen LogP contribution is 2.36. The van der Waals surface area contributed by atoms with E-state index in [0.29, 0.717) is 36.4 Å². The number of urea groups is 1. The molecule has 2 atom stereocenters. The second-order valence-corrected chi connectivity index (χ2v) is 8.52. The lowest BCUT2D eigenvalue weighted by Gasteiger charge is -2.46. The molecule has 2 aliphatic rings. The summed E-state index contributed by atoms with van der Waals surface area (Å²) in [6, 6.07) is 5.09. The van der Waals surface area contributed by atoms with E-state index in [0.717, 1.165) is 44.1 Å². The van der Waals surface area contributed by atoms with Crippen LogP contribution in [-0.2, 0) is 11.3 Å². The van der Waals surface area contributed by atoms with Crippen LogP contribution < -0.4 is 9.47 Å². The Bertz CT molecular complexity index is 991. The Balaban J connectivity index is 1.55. The summed E-state index contributed by atoms with van der Waals surface area (Å²) >= 11 is 0. The van der Waals surface area contributed by atoms with Crippen molar-refractivity contribution >= 4 is 11.9 Å². The van der Waals surface area contributed by atoms with Crippen LogP contribution in [0.15, 0.2) is 22.7 Å². The average molecular weight is 457 g/mol. The van der Waals surface area contributed by atoms with Gasteiger partial charge in [0.15, 0.2) is 11.5 Å². The monoisotopic (exact) mass is 456 g/mol. The van der Waals surface area contributed by atoms with Crippen LogP contribution in [0.25, 0.3) is 11.4 Å². The summed E-state index contributed by atoms with van der Waals surface area (Å²) in [6.07, 6.45) is 5.38. The number of rotatable bonds is 9. The highest BCUT2D eigenvalue weighted by atomic mass is 16.5. The van der Waals surface area contributed by atoms with E-state index >= 15 is 0 Å². The summed E-state index contributed by atoms with van der Waals surface area (Å²) in [4.78, 5) is 34.0. The van der Waals surface area contributed by atoms with Crippen LogP contribution in [0.2, 0.25) is 0 Å². The number of benzene rings is 1. The molecule has 2 unspecified atom stereocenters. The van der Waals surface area contributed by atoms with Crippen molar-refractivity contribution in [3.8, 4) is 22.9 Å². The number of fused-ring (bicyclic) bond motifs is 1. The number of amides is 3. The lowest BCUT2D eigenvalue weighted by molar-refractivity contribution is -0.141. The topological polar surface area (TPSA) is 98.0 Å². The molecule has 1 saturated heterocycles. The number of imide groups is 1. The van der Waals surface area contributed by atoms with Crippen LogP contribution in [0.3, 0.4) is 0 Å². The summed E-state index contributed by atoms with van der Waals surface area (Å²) in [7, 11) is 1.58. The molecule has 0 N–H and O–H groups in total. The van der Waals surface area contributed by atoms with Gasteiger partial charge in [0, 0.05) is 18.2 Å². The van der Waals surface area contributed by atoms with Gasteiger partial charge in [-0.1, -0.05) is 31.3 Å². The fraction of sp³-hybridized carbons (Fsp3) is 0.583. The van der Waals surface area contributed by atoms with Crippen LogP contribution >= 0.6 is 0 Å². The van der Waals surface area contributed by atoms with Crippen LogP contribution in [0.1, 0.15) is 58.3 Å². The second kappa shape index (κ2) is 10.2. The van der Waals surface area contributed by atoms with Gasteiger partial charge in [-0.25, -0.2) is 4.79 Å². The van der Waals surface area contributed by atoms with Crippen LogP contribution in [0.5, 0.6) is 11.5 Å². The quantitative estimate of drug-likeness (QED) is 0.556. The number of carbonyl (C=O) groups excluding carboxylic acids is 2. The molecule has 2 aromatic rings. The first-order valence-electron chi connectivity index (χ1n) is 11.8.